The Balaban J connectivity index is 1.49. The molecule has 0 N–H and O–H groups in total. The predicted octanol–water partition coefficient (Wildman–Crippen LogP) is 2.28. The van der Waals surface area contributed by atoms with Crippen LogP contribution in [0.1, 0.15) is 24.4 Å². The number of anilines is 1. The topological polar surface area (TPSA) is 95.8 Å². The first-order valence-corrected chi connectivity index (χ1v) is 11.8. The van der Waals surface area contributed by atoms with Crippen LogP contribution in [-0.2, 0) is 14.6 Å². The maximum Gasteiger partial charge on any atom is 0.249 e. The van der Waals surface area contributed by atoms with Crippen molar-refractivity contribution in [2.45, 2.75) is 30.1 Å². The highest BCUT2D eigenvalue weighted by molar-refractivity contribution is 7.90. The summed E-state index contributed by atoms with van der Waals surface area (Å²) in [7, 11) is -3.55. The maximum absolute atomic E-state index is 15.1. The third kappa shape index (κ3) is 4.45. The lowest BCUT2D eigenvalue weighted by Gasteiger charge is -2.36. The second-order valence-electron chi connectivity index (χ2n) is 7.78. The van der Waals surface area contributed by atoms with Crippen molar-refractivity contribution >= 4 is 27.8 Å². The lowest BCUT2D eigenvalue weighted by Crippen LogP contribution is -2.48. The van der Waals surface area contributed by atoms with E-state index >= 15 is 4.39 Å². The molecule has 3 heterocycles. The van der Waals surface area contributed by atoms with Crippen LogP contribution in [0.2, 0.25) is 0 Å². The molecule has 0 spiro atoms. The Labute approximate surface area is 182 Å². The van der Waals surface area contributed by atoms with Gasteiger partial charge in [0.1, 0.15) is 30.0 Å². The normalized spacial score (nSPS) is 23.6. The molecule has 1 aromatic heterocycles. The Morgan fingerprint density at radius 1 is 1.12 bits per heavy atom. The van der Waals surface area contributed by atoms with Crippen molar-refractivity contribution in [2.75, 3.05) is 24.2 Å². The fraction of sp³-hybridized carbons (Fsp3) is 0.400. The molecule has 1 saturated heterocycles. The molecule has 0 aliphatic carbocycles. The Kier molecular flexibility index (Phi) is 5.89. The van der Waals surface area contributed by atoms with Gasteiger partial charge in [-0.25, -0.2) is 36.6 Å². The molecule has 1 aromatic carbocycles. The molecular weight excluding hydrogens is 447 g/mol. The van der Waals surface area contributed by atoms with E-state index in [-0.39, 0.29) is 42.3 Å². The van der Waals surface area contributed by atoms with Crippen LogP contribution in [-0.4, -0.2) is 61.0 Å². The van der Waals surface area contributed by atoms with Crippen LogP contribution in [0.5, 0.6) is 0 Å². The number of carbonyl (C=O) groups excluding carboxylic acids is 1. The highest BCUT2D eigenvalue weighted by Gasteiger charge is 2.40. The first-order chi connectivity index (χ1) is 15.1. The third-order valence-electron chi connectivity index (χ3n) is 5.52. The zero-order chi connectivity index (χ0) is 23.0. The summed E-state index contributed by atoms with van der Waals surface area (Å²) in [5.41, 5.74) is 0.246. The van der Waals surface area contributed by atoms with Gasteiger partial charge in [-0.05, 0) is 24.1 Å². The van der Waals surface area contributed by atoms with Crippen LogP contribution in [0, 0.1) is 17.6 Å². The summed E-state index contributed by atoms with van der Waals surface area (Å²) in [5, 5.41) is 4.94. The van der Waals surface area contributed by atoms with Gasteiger partial charge in [0.2, 0.25) is 5.91 Å². The second-order valence-corrected chi connectivity index (χ2v) is 9.74. The number of piperidine rings is 1. The fourth-order valence-electron chi connectivity index (χ4n) is 3.94. The summed E-state index contributed by atoms with van der Waals surface area (Å²) in [5.74, 6) is -2.86. The van der Waals surface area contributed by atoms with Gasteiger partial charge in [-0.3, -0.25) is 4.79 Å². The summed E-state index contributed by atoms with van der Waals surface area (Å²) >= 11 is 0. The van der Waals surface area contributed by atoms with Gasteiger partial charge in [0, 0.05) is 37.6 Å². The van der Waals surface area contributed by atoms with E-state index in [1.54, 1.807) is 4.90 Å². The molecule has 0 saturated carbocycles. The van der Waals surface area contributed by atoms with Crippen LogP contribution >= 0.6 is 0 Å². The van der Waals surface area contributed by atoms with Gasteiger partial charge in [0.25, 0.3) is 0 Å². The zero-order valence-electron chi connectivity index (χ0n) is 17.0. The van der Waals surface area contributed by atoms with Crippen LogP contribution in [0.15, 0.2) is 40.7 Å². The van der Waals surface area contributed by atoms with E-state index in [1.165, 1.54) is 12.3 Å². The summed E-state index contributed by atoms with van der Waals surface area (Å²) in [6, 6.07) is 3.56. The zero-order valence-corrected chi connectivity index (χ0v) is 17.8. The van der Waals surface area contributed by atoms with Gasteiger partial charge in [0.15, 0.2) is 14.9 Å². The van der Waals surface area contributed by atoms with E-state index in [2.05, 4.69) is 15.1 Å². The van der Waals surface area contributed by atoms with Crippen molar-refractivity contribution in [3.8, 4) is 0 Å². The molecule has 170 valence electrons. The van der Waals surface area contributed by atoms with E-state index in [0.29, 0.717) is 0 Å². The number of hydrogen-bond acceptors (Lipinski definition) is 7. The van der Waals surface area contributed by atoms with Crippen LogP contribution in [0.25, 0.3) is 0 Å². The van der Waals surface area contributed by atoms with Crippen LogP contribution in [0.3, 0.4) is 0 Å². The number of hydrogen-bond donors (Lipinski definition) is 0. The minimum atomic E-state index is -3.55. The molecule has 8 nitrogen and oxygen atoms in total. The van der Waals surface area contributed by atoms with Crippen molar-refractivity contribution < 1.29 is 26.4 Å². The molecule has 1 amide bonds. The van der Waals surface area contributed by atoms with E-state index < -0.39 is 45.5 Å². The number of amides is 1. The van der Waals surface area contributed by atoms with Crippen molar-refractivity contribution in [1.82, 2.24) is 15.0 Å². The molecule has 0 bridgehead atoms. The number of rotatable bonds is 4. The quantitative estimate of drug-likeness (QED) is 0.641. The maximum atomic E-state index is 15.1. The summed E-state index contributed by atoms with van der Waals surface area (Å²) in [6.45, 7) is 0.0846. The Morgan fingerprint density at radius 2 is 1.84 bits per heavy atom. The Morgan fingerprint density at radius 3 is 2.50 bits per heavy atom. The number of nitrogens with zero attached hydrogens (tertiary/aromatic N) is 5. The van der Waals surface area contributed by atoms with Gasteiger partial charge in [-0.2, -0.15) is 5.10 Å². The molecule has 0 unspecified atom stereocenters. The predicted molar refractivity (Wildman–Crippen MR) is 109 cm³/mol. The summed E-state index contributed by atoms with van der Waals surface area (Å²) in [6.07, 6.45) is 2.39. The van der Waals surface area contributed by atoms with Gasteiger partial charge >= 0.3 is 0 Å². The fourth-order valence-corrected chi connectivity index (χ4v) is 4.50. The van der Waals surface area contributed by atoms with E-state index in [1.807, 2.05) is 0 Å². The van der Waals surface area contributed by atoms with Gasteiger partial charge < -0.3 is 4.90 Å². The smallest absolute Gasteiger partial charge is 0.249 e. The molecule has 4 rings (SSSR count). The highest BCUT2D eigenvalue weighted by Crippen LogP contribution is 2.34. The van der Waals surface area contributed by atoms with Crippen LogP contribution < -0.4 is 4.90 Å². The van der Waals surface area contributed by atoms with E-state index in [4.69, 9.17) is 0 Å². The van der Waals surface area contributed by atoms with Gasteiger partial charge in [-0.15, -0.1) is 0 Å². The molecule has 2 aromatic rings. The molecule has 32 heavy (non-hydrogen) atoms. The number of halogens is 3. The second kappa shape index (κ2) is 8.49. The third-order valence-corrected chi connectivity index (χ3v) is 6.50. The lowest BCUT2D eigenvalue weighted by molar-refractivity contribution is -0.140. The van der Waals surface area contributed by atoms with Crippen molar-refractivity contribution in [3.05, 3.63) is 47.8 Å². The monoisotopic (exact) mass is 467 g/mol. The van der Waals surface area contributed by atoms with Crippen molar-refractivity contribution in [2.24, 2.45) is 11.0 Å². The lowest BCUT2D eigenvalue weighted by atomic mass is 9.92. The van der Waals surface area contributed by atoms with Crippen molar-refractivity contribution in [1.29, 1.82) is 0 Å². The SMILES string of the molecule is CS(=O)(=O)c1cc(N2CC[C@H](C(=O)N3N=CC[C@@H]3c3cc(F)cc(F)c3)[C@H](F)C2)ncn1. The number of benzene rings is 1. The Bertz CT molecular complexity index is 1160. The number of alkyl halides is 1. The molecular formula is C20H20F3N5O3S. The molecule has 3 atom stereocenters. The standard InChI is InChI=1S/C20H20F3N5O3S/c1-32(30,31)19-9-18(24-11-25-19)27-5-3-15(16(23)10-27)20(29)28-17(2-4-26-28)12-6-13(21)8-14(22)7-12/h4,6-9,11,15-17H,2-3,5,10H2,1H3/t15-,16+,17+/m0/s1. The highest BCUT2D eigenvalue weighted by atomic mass is 32.2. The minimum Gasteiger partial charge on any atom is -0.354 e. The number of hydrazone groups is 1. The van der Waals surface area contributed by atoms with Gasteiger partial charge in [0.05, 0.1) is 18.5 Å². The van der Waals surface area contributed by atoms with E-state index in [0.717, 1.165) is 35.8 Å². The molecule has 1 fully saturated rings. The van der Waals surface area contributed by atoms with Crippen LogP contribution in [0.4, 0.5) is 19.0 Å². The first kappa shape index (κ1) is 22.2. The average Bonchev–Trinajstić information content (AvgIpc) is 3.22. The average molecular weight is 467 g/mol. The minimum absolute atomic E-state index is 0.133. The largest absolute Gasteiger partial charge is 0.354 e. The molecule has 2 aliphatic heterocycles. The Hall–Kier alpha value is -3.02. The number of carbonyl (C=O) groups is 1. The molecule has 2 aliphatic rings. The van der Waals surface area contributed by atoms with Gasteiger partial charge in [-0.1, -0.05) is 0 Å². The number of sulfone groups is 1. The molecule has 0 radical (unpaired) electrons. The first-order valence-electron chi connectivity index (χ1n) is 9.86. The summed E-state index contributed by atoms with van der Waals surface area (Å²) in [4.78, 5) is 22.3. The summed E-state index contributed by atoms with van der Waals surface area (Å²) < 4.78 is 65.8. The number of aromatic nitrogens is 2. The van der Waals surface area contributed by atoms with Crippen molar-refractivity contribution in [3.63, 3.8) is 0 Å². The van der Waals surface area contributed by atoms with E-state index in [9.17, 15) is 22.0 Å². The molecule has 12 heteroatoms.